The van der Waals surface area contributed by atoms with Gasteiger partial charge < -0.3 is 5.73 Å². The summed E-state index contributed by atoms with van der Waals surface area (Å²) >= 11 is 13.4. The van der Waals surface area contributed by atoms with Crippen molar-refractivity contribution in [2.45, 2.75) is 10.6 Å². The van der Waals surface area contributed by atoms with E-state index in [1.807, 2.05) is 12.1 Å². The van der Waals surface area contributed by atoms with Gasteiger partial charge in [0, 0.05) is 26.4 Å². The number of benzene rings is 2. The maximum absolute atomic E-state index is 12.9. The van der Waals surface area contributed by atoms with Gasteiger partial charge >= 0.3 is 0 Å². The van der Waals surface area contributed by atoms with Gasteiger partial charge in [-0.25, -0.2) is 4.39 Å². The fourth-order valence-corrected chi connectivity index (χ4v) is 3.13. The van der Waals surface area contributed by atoms with Crippen LogP contribution >= 0.6 is 35.0 Å². The standard InChI is InChI=1S/C13H10Cl2FNS/c14-9-3-10(15)5-12(4-9)18-7-8-1-2-11(16)6-13(8)17/h1-6H,7,17H2. The molecule has 1 nitrogen and oxygen atoms in total. The first kappa shape index (κ1) is 13.5. The number of nitrogen functional groups attached to an aromatic ring is 1. The molecule has 94 valence electrons. The molecule has 0 heterocycles. The van der Waals surface area contributed by atoms with E-state index in [2.05, 4.69) is 0 Å². The molecule has 0 aromatic heterocycles. The zero-order valence-electron chi connectivity index (χ0n) is 9.29. The van der Waals surface area contributed by atoms with Crippen LogP contribution in [0, 0.1) is 5.82 Å². The molecule has 2 aromatic rings. The minimum atomic E-state index is -0.327. The first-order valence-electron chi connectivity index (χ1n) is 5.17. The Hall–Kier alpha value is -0.900. The summed E-state index contributed by atoms with van der Waals surface area (Å²) in [5, 5.41) is 1.19. The minimum Gasteiger partial charge on any atom is -0.398 e. The number of hydrogen-bond acceptors (Lipinski definition) is 2. The monoisotopic (exact) mass is 301 g/mol. The highest BCUT2D eigenvalue weighted by Crippen LogP contribution is 2.30. The molecule has 0 saturated heterocycles. The lowest BCUT2D eigenvalue weighted by Gasteiger charge is -2.06. The zero-order chi connectivity index (χ0) is 13.1. The lowest BCUT2D eigenvalue weighted by molar-refractivity contribution is 0.628. The van der Waals surface area contributed by atoms with Crippen molar-refractivity contribution in [2.24, 2.45) is 0 Å². The van der Waals surface area contributed by atoms with E-state index >= 15 is 0 Å². The fraction of sp³-hybridized carbons (Fsp3) is 0.0769. The quantitative estimate of drug-likeness (QED) is 0.637. The van der Waals surface area contributed by atoms with Crippen LogP contribution < -0.4 is 5.73 Å². The van der Waals surface area contributed by atoms with Crippen LogP contribution in [0.25, 0.3) is 0 Å². The molecule has 0 saturated carbocycles. The van der Waals surface area contributed by atoms with Crippen LogP contribution in [0.1, 0.15) is 5.56 Å². The second-order valence-corrected chi connectivity index (χ2v) is 5.66. The summed E-state index contributed by atoms with van der Waals surface area (Å²) < 4.78 is 12.9. The number of thioether (sulfide) groups is 1. The lowest BCUT2D eigenvalue weighted by Crippen LogP contribution is -1.93. The first-order chi connectivity index (χ1) is 8.54. The van der Waals surface area contributed by atoms with Gasteiger partial charge in [-0.1, -0.05) is 29.3 Å². The number of rotatable bonds is 3. The SMILES string of the molecule is Nc1cc(F)ccc1CSc1cc(Cl)cc(Cl)c1. The topological polar surface area (TPSA) is 26.0 Å². The van der Waals surface area contributed by atoms with Crippen LogP contribution in [0.15, 0.2) is 41.3 Å². The number of hydrogen-bond donors (Lipinski definition) is 1. The van der Waals surface area contributed by atoms with E-state index in [4.69, 9.17) is 28.9 Å². The highest BCUT2D eigenvalue weighted by atomic mass is 35.5. The normalized spacial score (nSPS) is 10.6. The molecule has 0 atom stereocenters. The van der Waals surface area contributed by atoms with Crippen molar-refractivity contribution in [1.82, 2.24) is 0 Å². The van der Waals surface area contributed by atoms with Crippen LogP contribution in [0.2, 0.25) is 10.0 Å². The van der Waals surface area contributed by atoms with Gasteiger partial charge in [0.1, 0.15) is 5.82 Å². The van der Waals surface area contributed by atoms with Crippen molar-refractivity contribution in [1.29, 1.82) is 0 Å². The molecule has 5 heteroatoms. The average Bonchev–Trinajstić information content (AvgIpc) is 2.26. The summed E-state index contributed by atoms with van der Waals surface area (Å²) in [5.41, 5.74) is 7.08. The van der Waals surface area contributed by atoms with E-state index in [1.54, 1.807) is 23.9 Å². The fourth-order valence-electron chi connectivity index (χ4n) is 1.47. The van der Waals surface area contributed by atoms with Crippen LogP contribution in [-0.2, 0) is 5.75 Å². The Bertz CT molecular complexity index is 555. The Morgan fingerprint density at radius 3 is 2.33 bits per heavy atom. The molecule has 0 fully saturated rings. The summed E-state index contributed by atoms with van der Waals surface area (Å²) in [6, 6.07) is 9.75. The molecule has 0 amide bonds. The minimum absolute atomic E-state index is 0.327. The maximum Gasteiger partial charge on any atom is 0.125 e. The van der Waals surface area contributed by atoms with Crippen LogP contribution in [-0.4, -0.2) is 0 Å². The molecule has 0 unspecified atom stereocenters. The van der Waals surface area contributed by atoms with Gasteiger partial charge in [0.05, 0.1) is 0 Å². The summed E-state index contributed by atoms with van der Waals surface area (Å²) in [6.45, 7) is 0. The Morgan fingerprint density at radius 2 is 1.72 bits per heavy atom. The van der Waals surface area contributed by atoms with Crippen molar-refractivity contribution in [3.8, 4) is 0 Å². The highest BCUT2D eigenvalue weighted by Gasteiger charge is 2.04. The molecule has 2 N–H and O–H groups in total. The second-order valence-electron chi connectivity index (χ2n) is 3.74. The van der Waals surface area contributed by atoms with Crippen molar-refractivity contribution in [3.05, 3.63) is 57.8 Å². The number of nitrogens with two attached hydrogens (primary N) is 1. The van der Waals surface area contributed by atoms with Crippen LogP contribution in [0.3, 0.4) is 0 Å². The van der Waals surface area contributed by atoms with Gasteiger partial charge in [0.2, 0.25) is 0 Å². The van der Waals surface area contributed by atoms with E-state index in [9.17, 15) is 4.39 Å². The summed E-state index contributed by atoms with van der Waals surface area (Å²) in [4.78, 5) is 0.955. The Kier molecular flexibility index (Phi) is 4.38. The van der Waals surface area contributed by atoms with E-state index in [1.165, 1.54) is 12.1 Å². The summed E-state index contributed by atoms with van der Waals surface area (Å²) in [6.07, 6.45) is 0. The van der Waals surface area contributed by atoms with Gasteiger partial charge in [0.15, 0.2) is 0 Å². The van der Waals surface area contributed by atoms with Crippen LogP contribution in [0.4, 0.5) is 10.1 Å². The largest absolute Gasteiger partial charge is 0.398 e. The molecule has 2 aromatic carbocycles. The summed E-state index contributed by atoms with van der Waals surface area (Å²) in [7, 11) is 0. The van der Waals surface area contributed by atoms with Gasteiger partial charge in [-0.15, -0.1) is 11.8 Å². The Labute approximate surface area is 119 Å². The second kappa shape index (κ2) is 5.83. The molecule has 18 heavy (non-hydrogen) atoms. The average molecular weight is 302 g/mol. The number of halogens is 3. The van der Waals surface area contributed by atoms with E-state index in [0.29, 0.717) is 21.5 Å². The van der Waals surface area contributed by atoms with E-state index < -0.39 is 0 Å². The van der Waals surface area contributed by atoms with Gasteiger partial charge in [-0.2, -0.15) is 0 Å². The zero-order valence-corrected chi connectivity index (χ0v) is 11.6. The van der Waals surface area contributed by atoms with Crippen LogP contribution in [0.5, 0.6) is 0 Å². The Balaban J connectivity index is 2.11. The third kappa shape index (κ3) is 3.55. The van der Waals surface area contributed by atoms with Crippen molar-refractivity contribution >= 4 is 40.7 Å². The highest BCUT2D eigenvalue weighted by molar-refractivity contribution is 7.98. The third-order valence-corrected chi connectivity index (χ3v) is 3.80. The number of anilines is 1. The third-order valence-electron chi connectivity index (χ3n) is 2.34. The van der Waals surface area contributed by atoms with Gasteiger partial charge in [0.25, 0.3) is 0 Å². The predicted molar refractivity (Wildman–Crippen MR) is 76.8 cm³/mol. The molecule has 0 aliphatic carbocycles. The van der Waals surface area contributed by atoms with Gasteiger partial charge in [-0.3, -0.25) is 0 Å². The molecule has 0 spiro atoms. The lowest BCUT2D eigenvalue weighted by atomic mass is 10.2. The molecule has 2 rings (SSSR count). The Morgan fingerprint density at radius 1 is 1.06 bits per heavy atom. The van der Waals surface area contributed by atoms with E-state index in [0.717, 1.165) is 10.5 Å². The van der Waals surface area contributed by atoms with Gasteiger partial charge in [-0.05, 0) is 35.9 Å². The van der Waals surface area contributed by atoms with Crippen molar-refractivity contribution < 1.29 is 4.39 Å². The molecular weight excluding hydrogens is 292 g/mol. The van der Waals surface area contributed by atoms with E-state index in [-0.39, 0.29) is 5.82 Å². The molecular formula is C13H10Cl2FNS. The maximum atomic E-state index is 12.9. The molecule has 0 bridgehead atoms. The first-order valence-corrected chi connectivity index (χ1v) is 6.91. The molecule has 0 aliphatic heterocycles. The smallest absolute Gasteiger partial charge is 0.125 e. The van der Waals surface area contributed by atoms with Crippen molar-refractivity contribution in [2.75, 3.05) is 5.73 Å². The predicted octanol–water partition coefficient (Wildman–Crippen LogP) is 5.01. The molecule has 0 radical (unpaired) electrons. The molecule has 0 aliphatic rings. The van der Waals surface area contributed by atoms with Crippen molar-refractivity contribution in [3.63, 3.8) is 0 Å². The summed E-state index contributed by atoms with van der Waals surface area (Å²) in [5.74, 6) is 0.315.